The summed E-state index contributed by atoms with van der Waals surface area (Å²) in [5, 5.41) is 21.9. The highest BCUT2D eigenvalue weighted by atomic mass is 15.2. The molecule has 4 nitrogen and oxygen atoms in total. The molecule has 23 rings (SSSR count). The van der Waals surface area contributed by atoms with E-state index in [1.165, 1.54) is 147 Å². The van der Waals surface area contributed by atoms with Gasteiger partial charge in [0.15, 0.2) is 0 Å². The van der Waals surface area contributed by atoms with Crippen LogP contribution in [-0.2, 0) is 0 Å². The molecule has 6 aliphatic carbocycles. The van der Waals surface area contributed by atoms with E-state index in [-0.39, 0.29) is 17.9 Å². The summed E-state index contributed by atoms with van der Waals surface area (Å²) in [4.78, 5) is 10.1. The first-order valence-corrected chi connectivity index (χ1v) is 42.4. The second-order valence-corrected chi connectivity index (χ2v) is 32.9. The number of hydrogen-bond acceptors (Lipinski definition) is 4. The molecule has 0 fully saturated rings. The van der Waals surface area contributed by atoms with E-state index in [1.807, 2.05) is 0 Å². The van der Waals surface area contributed by atoms with Gasteiger partial charge in [-0.05, 0) is 282 Å². The number of hydrogen-bond donors (Lipinski definition) is 0. The van der Waals surface area contributed by atoms with Crippen LogP contribution in [0, 0.1) is 11.8 Å². The molecule has 0 spiro atoms. The van der Waals surface area contributed by atoms with E-state index in [9.17, 15) is 0 Å². The van der Waals surface area contributed by atoms with Crippen molar-refractivity contribution in [3.05, 3.63) is 485 Å². The Morgan fingerprint density at radius 2 is 0.725 bits per heavy atom. The van der Waals surface area contributed by atoms with Gasteiger partial charge in [-0.3, -0.25) is 0 Å². The fraction of sp³-hybridized carbons (Fsp3) is 0.0690. The Kier molecular flexibility index (Phi) is 17.5. The third-order valence-electron chi connectivity index (χ3n) is 26.0. The van der Waals surface area contributed by atoms with Crippen molar-refractivity contribution in [2.24, 2.45) is 11.8 Å². The number of fused-ring (bicyclic) bond motifs is 14. The molecule has 6 aliphatic rings. The first-order chi connectivity index (χ1) is 59.4. The molecule has 0 saturated carbocycles. The summed E-state index contributed by atoms with van der Waals surface area (Å²) in [6.45, 7) is 0. The molecule has 0 radical (unpaired) electrons. The van der Waals surface area contributed by atoms with Crippen LogP contribution in [0.3, 0.4) is 0 Å². The SMILES string of the molecule is C1=CC2=CC(N(c3ccc(C4=c5c(c6ccc(N(C7=CC=C8C=CC=CC8C7)c7ccc8ccccc8c7)cc6c6cc(N(c7ccc8ccccc8c7)C7C=c8ccccc8=CC7)ccc56)=C(c5ccc(N(c6ccc7ccccc7c6)c6ccc7ccccc7c6)cc5)C(c5ccccc5)C4)cc3)c3ccc4ccccc4c3)=CCC2C=C1. The van der Waals surface area contributed by atoms with E-state index in [2.05, 4.69) is 457 Å². The number of benzene rings is 17. The lowest BCUT2D eigenvalue weighted by molar-refractivity contribution is 0.732. The third kappa shape index (κ3) is 12.7. The Bertz CT molecular complexity index is 7560. The van der Waals surface area contributed by atoms with Crippen molar-refractivity contribution in [2.45, 2.75) is 37.6 Å². The largest absolute Gasteiger partial charge is 0.334 e. The van der Waals surface area contributed by atoms with Crippen molar-refractivity contribution in [1.82, 2.24) is 0 Å². The number of nitrogens with zero attached hydrogens (tertiary/aromatic N) is 4. The van der Waals surface area contributed by atoms with E-state index in [4.69, 9.17) is 0 Å². The van der Waals surface area contributed by atoms with Crippen LogP contribution in [0.2, 0.25) is 0 Å². The van der Waals surface area contributed by atoms with Gasteiger partial charge in [0.05, 0.1) is 6.04 Å². The molecule has 4 heteroatoms. The van der Waals surface area contributed by atoms with Crippen LogP contribution in [-0.4, -0.2) is 6.04 Å². The number of allylic oxidation sites excluding steroid dienone is 15. The van der Waals surface area contributed by atoms with Crippen molar-refractivity contribution in [3.63, 3.8) is 0 Å². The molecule has 17 aromatic carbocycles. The minimum atomic E-state index is -0.0843. The first-order valence-electron chi connectivity index (χ1n) is 42.4. The van der Waals surface area contributed by atoms with Gasteiger partial charge in [0.2, 0.25) is 0 Å². The topological polar surface area (TPSA) is 13.0 Å². The Hall–Kier alpha value is -14.8. The predicted octanol–water partition coefficient (Wildman–Crippen LogP) is 27.2. The molecule has 0 aliphatic heterocycles. The lowest BCUT2D eigenvalue weighted by Gasteiger charge is -2.34. The summed E-state index contributed by atoms with van der Waals surface area (Å²) in [7, 11) is 0. The van der Waals surface area contributed by atoms with Gasteiger partial charge in [-0.1, -0.05) is 316 Å². The maximum Gasteiger partial charge on any atom is 0.0566 e. The summed E-state index contributed by atoms with van der Waals surface area (Å²) in [5.41, 5.74) is 21.4. The van der Waals surface area contributed by atoms with Crippen LogP contribution < -0.4 is 40.5 Å². The van der Waals surface area contributed by atoms with E-state index in [0.29, 0.717) is 5.92 Å². The quantitative estimate of drug-likeness (QED) is 0.0949. The van der Waals surface area contributed by atoms with Crippen molar-refractivity contribution >= 4 is 150 Å². The van der Waals surface area contributed by atoms with Gasteiger partial charge < -0.3 is 19.6 Å². The zero-order chi connectivity index (χ0) is 79.1. The van der Waals surface area contributed by atoms with E-state index >= 15 is 0 Å². The molecule has 0 saturated heterocycles. The Balaban J connectivity index is 0.816. The highest BCUT2D eigenvalue weighted by Gasteiger charge is 2.33. The predicted molar refractivity (Wildman–Crippen MR) is 508 cm³/mol. The highest BCUT2D eigenvalue weighted by molar-refractivity contribution is 6.13. The third-order valence-corrected chi connectivity index (χ3v) is 26.0. The van der Waals surface area contributed by atoms with Crippen molar-refractivity contribution in [1.29, 1.82) is 0 Å². The van der Waals surface area contributed by atoms with Gasteiger partial charge >= 0.3 is 0 Å². The minimum absolute atomic E-state index is 0.00179. The molecule has 0 heterocycles. The molecular formula is C116H84N4. The lowest BCUT2D eigenvalue weighted by atomic mass is 9.74. The van der Waals surface area contributed by atoms with Gasteiger partial charge in [-0.2, -0.15) is 0 Å². The van der Waals surface area contributed by atoms with E-state index in [1.54, 1.807) is 0 Å². The number of anilines is 9. The van der Waals surface area contributed by atoms with Crippen LogP contribution in [0.25, 0.3) is 98.7 Å². The van der Waals surface area contributed by atoms with E-state index < -0.39 is 0 Å². The molecule has 568 valence electrons. The monoisotopic (exact) mass is 1530 g/mol. The van der Waals surface area contributed by atoms with Gasteiger partial charge in [0.1, 0.15) is 0 Å². The normalized spacial score (nSPS) is 17.0. The minimum Gasteiger partial charge on any atom is -0.334 e. The summed E-state index contributed by atoms with van der Waals surface area (Å²) in [6, 6.07) is 133. The smallest absolute Gasteiger partial charge is 0.0566 e. The molecule has 4 atom stereocenters. The van der Waals surface area contributed by atoms with Gasteiger partial charge in [0, 0.05) is 80.3 Å². The zero-order valence-electron chi connectivity index (χ0n) is 66.5. The van der Waals surface area contributed by atoms with Crippen LogP contribution >= 0.6 is 0 Å². The Morgan fingerprint density at radius 1 is 0.283 bits per heavy atom. The fourth-order valence-electron chi connectivity index (χ4n) is 20.1. The molecule has 0 aromatic heterocycles. The molecular weight excluding hydrogens is 1450 g/mol. The van der Waals surface area contributed by atoms with Crippen molar-refractivity contribution in [3.8, 4) is 0 Å². The maximum atomic E-state index is 2.63. The first kappa shape index (κ1) is 70.6. The van der Waals surface area contributed by atoms with Crippen LogP contribution in [0.15, 0.2) is 447 Å². The Morgan fingerprint density at radius 3 is 1.32 bits per heavy atom. The van der Waals surface area contributed by atoms with Crippen molar-refractivity contribution < 1.29 is 0 Å². The maximum absolute atomic E-state index is 2.63. The zero-order valence-corrected chi connectivity index (χ0v) is 66.5. The van der Waals surface area contributed by atoms with Crippen LogP contribution in [0.1, 0.15) is 48.3 Å². The number of rotatable bonds is 15. The molecule has 0 N–H and O–H groups in total. The van der Waals surface area contributed by atoms with Gasteiger partial charge in [-0.15, -0.1) is 0 Å². The highest BCUT2D eigenvalue weighted by Crippen LogP contribution is 2.48. The van der Waals surface area contributed by atoms with Crippen LogP contribution in [0.4, 0.5) is 51.2 Å². The van der Waals surface area contributed by atoms with E-state index in [0.717, 1.165) is 76.9 Å². The van der Waals surface area contributed by atoms with Crippen LogP contribution in [0.5, 0.6) is 0 Å². The summed E-state index contributed by atoms with van der Waals surface area (Å²) < 4.78 is 0. The average Bonchev–Trinajstić information content (AvgIpc) is 0.702. The molecule has 0 bridgehead atoms. The van der Waals surface area contributed by atoms with Crippen molar-refractivity contribution in [2.75, 3.05) is 19.6 Å². The standard InChI is InChI=1S/C116H84N4/c1-2-28-85(29-3-1)110-76-111(86-46-50-96(51-47-86)117(98-54-38-77-20-4-12-30-88(77)66-98)99-55-39-78-21-5-13-31-89(78)67-99)115-108-64-62-106(119(102-58-42-81-24-8-16-34-92(81)70-102)103-59-43-82-25-9-17-35-93(82)71-103)74-112(108)113-75-107(120(104-60-44-83-26-10-18-36-94(83)72-104)105-61-45-84-27-11-19-37-95(84)73-105)63-65-109(113)116(115)114(110)87-48-52-97(53-49-87)118(100-56-40-79-22-6-14-32-90(79)68-100)101-57-41-80-23-7-15-33-91(80)69-101/h1-38,40-58,60-72,74-75,78,95,103,110H,39,59,73,76H2. The second kappa shape index (κ2) is 29.7. The lowest BCUT2D eigenvalue weighted by Crippen LogP contribution is -2.38. The molecule has 120 heavy (non-hydrogen) atoms. The molecule has 4 unspecified atom stereocenters. The Labute approximate surface area is 699 Å². The summed E-state index contributed by atoms with van der Waals surface area (Å²) >= 11 is 0. The molecule has 0 amide bonds. The molecule has 17 aromatic rings. The second-order valence-electron chi connectivity index (χ2n) is 32.9. The van der Waals surface area contributed by atoms with Gasteiger partial charge in [-0.25, -0.2) is 0 Å². The summed E-state index contributed by atoms with van der Waals surface area (Å²) in [5.74, 6) is 0.513. The fourth-order valence-corrected chi connectivity index (χ4v) is 20.1. The average molecular weight is 1530 g/mol. The summed E-state index contributed by atoms with van der Waals surface area (Å²) in [6.07, 6.45) is 36.0. The van der Waals surface area contributed by atoms with Gasteiger partial charge in [0.25, 0.3) is 0 Å².